The summed E-state index contributed by atoms with van der Waals surface area (Å²) >= 11 is 0. The second-order valence-corrected chi connectivity index (χ2v) is 4.94. The van der Waals surface area contributed by atoms with E-state index in [1.54, 1.807) is 7.11 Å². The van der Waals surface area contributed by atoms with E-state index in [1.807, 2.05) is 0 Å². The molecule has 4 aliphatic carbocycles. The first kappa shape index (κ1) is 8.63. The molecule has 4 aliphatic rings. The van der Waals surface area contributed by atoms with Crippen LogP contribution in [0, 0.1) is 11.8 Å². The molecule has 0 aromatic heterocycles. The highest BCUT2D eigenvalue weighted by Gasteiger charge is 2.46. The predicted molar refractivity (Wildman–Crippen MR) is 63.7 cm³/mol. The molecule has 16 heavy (non-hydrogen) atoms. The van der Waals surface area contributed by atoms with Gasteiger partial charge in [0.2, 0.25) is 0 Å². The Labute approximate surface area is 95.4 Å². The third-order valence-corrected chi connectivity index (χ3v) is 4.37. The molecule has 0 N–H and O–H groups in total. The van der Waals surface area contributed by atoms with Crippen LogP contribution in [0.15, 0.2) is 42.5 Å². The van der Waals surface area contributed by atoms with Gasteiger partial charge in [0.15, 0.2) is 0 Å². The predicted octanol–water partition coefficient (Wildman–Crippen LogP) is 3.25. The molecule has 2 bridgehead atoms. The van der Waals surface area contributed by atoms with E-state index < -0.39 is 0 Å². The highest BCUT2D eigenvalue weighted by molar-refractivity contribution is 5.56. The monoisotopic (exact) mass is 210 g/mol. The number of benzene rings is 1. The second kappa shape index (κ2) is 2.79. The van der Waals surface area contributed by atoms with Crippen molar-refractivity contribution in [2.45, 2.75) is 11.8 Å². The van der Waals surface area contributed by atoms with Crippen molar-refractivity contribution in [2.75, 3.05) is 7.11 Å². The van der Waals surface area contributed by atoms with Crippen LogP contribution in [0.3, 0.4) is 0 Å². The van der Waals surface area contributed by atoms with Gasteiger partial charge in [-0.3, -0.25) is 0 Å². The van der Waals surface area contributed by atoms with Crippen LogP contribution in [-0.2, 0) is 0 Å². The van der Waals surface area contributed by atoms with Crippen molar-refractivity contribution >= 4 is 0 Å². The zero-order valence-electron chi connectivity index (χ0n) is 9.26. The first-order chi connectivity index (χ1) is 7.90. The Hall–Kier alpha value is -1.50. The molecular weight excluding hydrogens is 196 g/mol. The quantitative estimate of drug-likeness (QED) is 0.646. The first-order valence-corrected chi connectivity index (χ1v) is 5.93. The average molecular weight is 210 g/mol. The van der Waals surface area contributed by atoms with Crippen LogP contribution in [0.4, 0.5) is 0 Å². The van der Waals surface area contributed by atoms with Gasteiger partial charge in [-0.25, -0.2) is 0 Å². The average Bonchev–Trinajstić information content (AvgIpc) is 2.28. The molecule has 1 aromatic carbocycles. The summed E-state index contributed by atoms with van der Waals surface area (Å²) in [6.07, 6.45) is 9.49. The Balaban J connectivity index is 1.97. The van der Waals surface area contributed by atoms with E-state index in [0.29, 0.717) is 11.8 Å². The van der Waals surface area contributed by atoms with Crippen LogP contribution < -0.4 is 4.74 Å². The second-order valence-electron chi connectivity index (χ2n) is 4.94. The molecule has 0 radical (unpaired) electrons. The summed E-state index contributed by atoms with van der Waals surface area (Å²) in [5.41, 5.74) is 2.92. The molecule has 0 unspecified atom stereocenters. The molecule has 0 spiro atoms. The van der Waals surface area contributed by atoms with Gasteiger partial charge in [-0.15, -0.1) is 0 Å². The van der Waals surface area contributed by atoms with Gasteiger partial charge in [0.05, 0.1) is 7.11 Å². The Kier molecular flexibility index (Phi) is 1.50. The molecule has 0 amide bonds. The number of allylic oxidation sites excluding steroid dienone is 4. The molecule has 4 atom stereocenters. The van der Waals surface area contributed by atoms with Crippen LogP contribution in [-0.4, -0.2) is 7.11 Å². The summed E-state index contributed by atoms with van der Waals surface area (Å²) in [7, 11) is 1.77. The Morgan fingerprint density at radius 2 is 1.69 bits per heavy atom. The van der Waals surface area contributed by atoms with E-state index >= 15 is 0 Å². The number of hydrogen-bond acceptors (Lipinski definition) is 1. The Morgan fingerprint density at radius 1 is 0.938 bits per heavy atom. The lowest BCUT2D eigenvalue weighted by Crippen LogP contribution is -2.37. The van der Waals surface area contributed by atoms with E-state index in [1.165, 1.54) is 11.1 Å². The molecule has 5 rings (SSSR count). The molecule has 80 valence electrons. The third-order valence-electron chi connectivity index (χ3n) is 4.37. The van der Waals surface area contributed by atoms with Crippen LogP contribution in [0.1, 0.15) is 23.0 Å². The van der Waals surface area contributed by atoms with Gasteiger partial charge in [-0.1, -0.05) is 36.4 Å². The minimum atomic E-state index is 0.547. The fraction of sp³-hybridized carbons (Fsp3) is 0.333. The van der Waals surface area contributed by atoms with Crippen LogP contribution >= 0.6 is 0 Å². The Morgan fingerprint density at radius 3 is 2.44 bits per heavy atom. The van der Waals surface area contributed by atoms with E-state index in [-0.39, 0.29) is 0 Å². The molecular formula is C15H14O. The smallest absolute Gasteiger partial charge is 0.122 e. The van der Waals surface area contributed by atoms with Crippen molar-refractivity contribution in [1.29, 1.82) is 0 Å². The lowest BCUT2D eigenvalue weighted by atomic mass is 9.55. The van der Waals surface area contributed by atoms with Gasteiger partial charge in [-0.2, -0.15) is 0 Å². The number of ether oxygens (including phenoxy) is 1. The van der Waals surface area contributed by atoms with Gasteiger partial charge in [0, 0.05) is 17.4 Å². The number of methoxy groups -OCH3 is 1. The minimum Gasteiger partial charge on any atom is -0.496 e. The van der Waals surface area contributed by atoms with Crippen molar-refractivity contribution in [3.8, 4) is 5.75 Å². The van der Waals surface area contributed by atoms with Gasteiger partial charge >= 0.3 is 0 Å². The molecule has 0 saturated carbocycles. The third kappa shape index (κ3) is 0.835. The largest absolute Gasteiger partial charge is 0.496 e. The molecule has 0 saturated heterocycles. The Bertz CT molecular complexity index is 512. The highest BCUT2D eigenvalue weighted by Crippen LogP contribution is 2.58. The lowest BCUT2D eigenvalue weighted by Gasteiger charge is -2.48. The fourth-order valence-electron chi connectivity index (χ4n) is 3.57. The van der Waals surface area contributed by atoms with Gasteiger partial charge in [0.25, 0.3) is 0 Å². The molecule has 1 nitrogen and oxygen atoms in total. The summed E-state index contributed by atoms with van der Waals surface area (Å²) in [5.74, 6) is 3.67. The normalized spacial score (nSPS) is 36.6. The van der Waals surface area contributed by atoms with Crippen molar-refractivity contribution < 1.29 is 4.74 Å². The highest BCUT2D eigenvalue weighted by atomic mass is 16.5. The SMILES string of the molecule is COc1cccc2c1[C@H]1C=C[C@H]2[C@H]2C=C[C@H]21. The maximum absolute atomic E-state index is 5.51. The van der Waals surface area contributed by atoms with Gasteiger partial charge < -0.3 is 4.74 Å². The van der Waals surface area contributed by atoms with Crippen LogP contribution in [0.5, 0.6) is 5.75 Å². The van der Waals surface area contributed by atoms with E-state index in [2.05, 4.69) is 42.5 Å². The maximum Gasteiger partial charge on any atom is 0.122 e. The fourth-order valence-corrected chi connectivity index (χ4v) is 3.57. The topological polar surface area (TPSA) is 9.23 Å². The molecule has 0 fully saturated rings. The van der Waals surface area contributed by atoms with Crippen molar-refractivity contribution in [3.63, 3.8) is 0 Å². The summed E-state index contributed by atoms with van der Waals surface area (Å²) < 4.78 is 5.51. The molecule has 0 heterocycles. The lowest BCUT2D eigenvalue weighted by molar-refractivity contribution is 0.305. The summed E-state index contributed by atoms with van der Waals surface area (Å²) in [4.78, 5) is 0. The van der Waals surface area contributed by atoms with Crippen LogP contribution in [0.2, 0.25) is 0 Å². The summed E-state index contributed by atoms with van der Waals surface area (Å²) in [6.45, 7) is 0. The standard InChI is InChI=1S/C15H14O/c1-16-14-4-2-3-12-10-7-8-13(15(12)14)11-6-5-9(10)11/h2-11,13H,1H3/t9-,10+,11-,13+/m1/s1. The zero-order valence-corrected chi connectivity index (χ0v) is 9.26. The molecule has 1 heteroatoms. The number of rotatable bonds is 1. The summed E-state index contributed by atoms with van der Waals surface area (Å²) in [6, 6.07) is 6.47. The summed E-state index contributed by atoms with van der Waals surface area (Å²) in [5, 5.41) is 0. The van der Waals surface area contributed by atoms with Crippen molar-refractivity contribution in [1.82, 2.24) is 0 Å². The first-order valence-electron chi connectivity index (χ1n) is 5.93. The van der Waals surface area contributed by atoms with E-state index in [9.17, 15) is 0 Å². The van der Waals surface area contributed by atoms with Gasteiger partial charge in [-0.05, 0) is 23.5 Å². The van der Waals surface area contributed by atoms with E-state index in [0.717, 1.165) is 17.6 Å². The molecule has 0 aliphatic heterocycles. The maximum atomic E-state index is 5.51. The zero-order chi connectivity index (χ0) is 10.7. The minimum absolute atomic E-state index is 0.547. The van der Waals surface area contributed by atoms with Crippen molar-refractivity contribution in [2.24, 2.45) is 11.8 Å². The van der Waals surface area contributed by atoms with E-state index in [4.69, 9.17) is 4.74 Å². The molecule has 1 aromatic rings. The number of hydrogen-bond donors (Lipinski definition) is 0. The van der Waals surface area contributed by atoms with Crippen LogP contribution in [0.25, 0.3) is 0 Å². The van der Waals surface area contributed by atoms with Crippen molar-refractivity contribution in [3.05, 3.63) is 53.6 Å². The van der Waals surface area contributed by atoms with Gasteiger partial charge in [0.1, 0.15) is 5.75 Å².